The third kappa shape index (κ3) is 5.91. The molecular weight excluding hydrogens is 358 g/mol. The zero-order valence-corrected chi connectivity index (χ0v) is 17.0. The first kappa shape index (κ1) is 21.0. The highest BCUT2D eigenvalue weighted by molar-refractivity contribution is 5.74. The van der Waals surface area contributed by atoms with E-state index in [0.717, 1.165) is 37.9 Å². The van der Waals surface area contributed by atoms with Crippen molar-refractivity contribution in [2.24, 2.45) is 0 Å². The number of nitrogens with zero attached hydrogens (tertiary/aromatic N) is 3. The third-order valence-corrected chi connectivity index (χ3v) is 5.91. The number of hydrogen-bond acceptors (Lipinski definition) is 5. The second-order valence-corrected chi connectivity index (χ2v) is 8.09. The zero-order chi connectivity index (χ0) is 19.8. The van der Waals surface area contributed by atoms with Crippen LogP contribution in [0.3, 0.4) is 0 Å². The summed E-state index contributed by atoms with van der Waals surface area (Å²) in [5.74, 6) is 0.567. The Hall–Kier alpha value is -1.67. The average molecular weight is 394 g/mol. The van der Waals surface area contributed by atoms with E-state index in [2.05, 4.69) is 27.1 Å². The van der Waals surface area contributed by atoms with Crippen LogP contribution in [-0.4, -0.2) is 57.5 Å². The molecule has 3 atom stereocenters. The Labute approximate surface area is 167 Å². The number of urea groups is 1. The molecule has 1 aromatic heterocycles. The lowest BCUT2D eigenvalue weighted by molar-refractivity contribution is -0.0907. The van der Waals surface area contributed by atoms with E-state index in [4.69, 9.17) is 4.74 Å². The summed E-state index contributed by atoms with van der Waals surface area (Å²) in [5, 5.41) is 24.1. The summed E-state index contributed by atoms with van der Waals surface area (Å²) in [5.41, 5.74) is 1.12. The van der Waals surface area contributed by atoms with Crippen molar-refractivity contribution in [3.8, 4) is 0 Å². The predicted octanol–water partition coefficient (Wildman–Crippen LogP) is 2.33. The van der Waals surface area contributed by atoms with E-state index in [9.17, 15) is 9.90 Å². The number of nitrogens with one attached hydrogen (secondary N) is 2. The van der Waals surface area contributed by atoms with Gasteiger partial charge in [-0.25, -0.2) is 4.79 Å². The summed E-state index contributed by atoms with van der Waals surface area (Å²) >= 11 is 0. The molecule has 0 aromatic carbocycles. The van der Waals surface area contributed by atoms with Gasteiger partial charge in [0.05, 0.1) is 24.4 Å². The molecule has 8 heteroatoms. The van der Waals surface area contributed by atoms with Crippen LogP contribution in [0.4, 0.5) is 4.79 Å². The molecule has 2 aliphatic rings. The minimum Gasteiger partial charge on any atom is -0.394 e. The van der Waals surface area contributed by atoms with Gasteiger partial charge in [-0.05, 0) is 38.5 Å². The van der Waals surface area contributed by atoms with Gasteiger partial charge < -0.3 is 20.5 Å². The van der Waals surface area contributed by atoms with Crippen LogP contribution in [0.1, 0.15) is 76.3 Å². The first-order valence-corrected chi connectivity index (χ1v) is 10.9. The Morgan fingerprint density at radius 2 is 2.11 bits per heavy atom. The van der Waals surface area contributed by atoms with Crippen molar-refractivity contribution in [3.05, 3.63) is 11.9 Å². The topological polar surface area (TPSA) is 101 Å². The number of aryl methyl sites for hydroxylation is 1. The van der Waals surface area contributed by atoms with Gasteiger partial charge in [0, 0.05) is 25.2 Å². The summed E-state index contributed by atoms with van der Waals surface area (Å²) in [4.78, 5) is 11.9. The Balaban J connectivity index is 1.43. The molecule has 2 fully saturated rings. The highest BCUT2D eigenvalue weighted by Gasteiger charge is 2.31. The molecule has 3 N–H and O–H groups in total. The fourth-order valence-electron chi connectivity index (χ4n) is 4.25. The minimum absolute atomic E-state index is 0.0660. The Morgan fingerprint density at radius 1 is 1.29 bits per heavy atom. The molecule has 158 valence electrons. The minimum atomic E-state index is -0.361. The standard InChI is InChI=1S/C20H35N5O3/c1-2-11-21-20(27)22-17-9-8-16(28-19(17)14-26)10-12-25-13-18(23-24-25)15-6-4-3-5-7-15/h13,15-17,19,26H,2-12,14H2,1H3,(H2,21,22,27)/t16-,17+,19-/m0/s1. The summed E-state index contributed by atoms with van der Waals surface area (Å²) in [6.45, 7) is 3.33. The smallest absolute Gasteiger partial charge is 0.315 e. The number of aliphatic hydroxyl groups is 1. The first-order chi connectivity index (χ1) is 13.7. The third-order valence-electron chi connectivity index (χ3n) is 5.91. The van der Waals surface area contributed by atoms with Crippen LogP contribution in [0.25, 0.3) is 0 Å². The highest BCUT2D eigenvalue weighted by atomic mass is 16.5. The normalized spacial score (nSPS) is 26.1. The van der Waals surface area contributed by atoms with Crippen LogP contribution in [0.5, 0.6) is 0 Å². The molecule has 0 unspecified atom stereocenters. The largest absolute Gasteiger partial charge is 0.394 e. The average Bonchev–Trinajstić information content (AvgIpc) is 3.21. The zero-order valence-electron chi connectivity index (χ0n) is 17.0. The molecule has 3 rings (SSSR count). The molecule has 2 amide bonds. The van der Waals surface area contributed by atoms with E-state index in [1.54, 1.807) is 0 Å². The predicted molar refractivity (Wildman–Crippen MR) is 106 cm³/mol. The molecule has 8 nitrogen and oxygen atoms in total. The van der Waals surface area contributed by atoms with E-state index in [1.165, 1.54) is 32.1 Å². The van der Waals surface area contributed by atoms with Gasteiger partial charge in [-0.2, -0.15) is 0 Å². The van der Waals surface area contributed by atoms with Crippen molar-refractivity contribution in [3.63, 3.8) is 0 Å². The summed E-state index contributed by atoms with van der Waals surface area (Å²) in [6, 6.07) is -0.340. The first-order valence-electron chi connectivity index (χ1n) is 10.9. The van der Waals surface area contributed by atoms with Crippen LogP contribution in [0, 0.1) is 0 Å². The molecule has 28 heavy (non-hydrogen) atoms. The molecule has 1 aliphatic heterocycles. The van der Waals surface area contributed by atoms with E-state index in [1.807, 2.05) is 11.6 Å². The number of ether oxygens (including phenoxy) is 1. The van der Waals surface area contributed by atoms with Gasteiger partial charge >= 0.3 is 6.03 Å². The molecule has 0 bridgehead atoms. The fraction of sp³-hybridized carbons (Fsp3) is 0.850. The number of carbonyl (C=O) groups is 1. The summed E-state index contributed by atoms with van der Waals surface area (Å²) < 4.78 is 7.96. The van der Waals surface area contributed by atoms with Crippen molar-refractivity contribution in [2.75, 3.05) is 13.2 Å². The number of rotatable bonds is 8. The van der Waals surface area contributed by atoms with Crippen molar-refractivity contribution in [1.29, 1.82) is 0 Å². The second-order valence-electron chi connectivity index (χ2n) is 8.09. The number of aromatic nitrogens is 3. The van der Waals surface area contributed by atoms with E-state index < -0.39 is 0 Å². The van der Waals surface area contributed by atoms with Gasteiger partial charge in [0.25, 0.3) is 0 Å². The maximum absolute atomic E-state index is 11.9. The van der Waals surface area contributed by atoms with Gasteiger partial charge in [0.1, 0.15) is 6.10 Å². The maximum atomic E-state index is 11.9. The van der Waals surface area contributed by atoms with Crippen LogP contribution >= 0.6 is 0 Å². The molecule has 1 saturated heterocycles. The SMILES string of the molecule is CCCNC(=O)N[C@@H]1CC[C@@H](CCn2cc(C3CCCCC3)nn2)O[C@H]1CO. The van der Waals surface area contributed by atoms with Crippen molar-refractivity contribution >= 4 is 6.03 Å². The summed E-state index contributed by atoms with van der Waals surface area (Å²) in [7, 11) is 0. The monoisotopic (exact) mass is 393 g/mol. The van der Waals surface area contributed by atoms with Gasteiger partial charge in [-0.15, -0.1) is 5.10 Å². The number of aliphatic hydroxyl groups excluding tert-OH is 1. The molecule has 1 saturated carbocycles. The fourth-order valence-corrected chi connectivity index (χ4v) is 4.25. The lowest BCUT2D eigenvalue weighted by atomic mass is 9.87. The van der Waals surface area contributed by atoms with Crippen molar-refractivity contribution < 1.29 is 14.6 Å². The van der Waals surface area contributed by atoms with E-state index in [-0.39, 0.29) is 30.9 Å². The van der Waals surface area contributed by atoms with Crippen LogP contribution < -0.4 is 10.6 Å². The lowest BCUT2D eigenvalue weighted by Gasteiger charge is -2.36. The highest BCUT2D eigenvalue weighted by Crippen LogP contribution is 2.31. The van der Waals surface area contributed by atoms with Crippen LogP contribution in [0.15, 0.2) is 6.20 Å². The van der Waals surface area contributed by atoms with Gasteiger partial charge in [0.2, 0.25) is 0 Å². The number of carbonyl (C=O) groups excluding carboxylic acids is 1. The molecule has 0 radical (unpaired) electrons. The van der Waals surface area contributed by atoms with E-state index in [0.29, 0.717) is 12.5 Å². The molecule has 1 aromatic rings. The van der Waals surface area contributed by atoms with Gasteiger partial charge in [-0.3, -0.25) is 4.68 Å². The van der Waals surface area contributed by atoms with Crippen molar-refractivity contribution in [1.82, 2.24) is 25.6 Å². The number of amides is 2. The van der Waals surface area contributed by atoms with E-state index >= 15 is 0 Å². The molecule has 2 heterocycles. The molecule has 1 aliphatic carbocycles. The molecular formula is C20H35N5O3. The van der Waals surface area contributed by atoms with Gasteiger partial charge in [-0.1, -0.05) is 31.4 Å². The van der Waals surface area contributed by atoms with Crippen LogP contribution in [0.2, 0.25) is 0 Å². The summed E-state index contributed by atoms with van der Waals surface area (Å²) in [6.07, 6.45) is 11.6. The Kier molecular flexibility index (Phi) is 8.09. The maximum Gasteiger partial charge on any atom is 0.315 e. The lowest BCUT2D eigenvalue weighted by Crippen LogP contribution is -2.53. The number of hydrogen-bond donors (Lipinski definition) is 3. The Morgan fingerprint density at radius 3 is 2.86 bits per heavy atom. The quantitative estimate of drug-likeness (QED) is 0.629. The van der Waals surface area contributed by atoms with Gasteiger partial charge in [0.15, 0.2) is 0 Å². The van der Waals surface area contributed by atoms with Crippen LogP contribution in [-0.2, 0) is 11.3 Å². The van der Waals surface area contributed by atoms with Crippen molar-refractivity contribution in [2.45, 2.75) is 95.4 Å². The Bertz CT molecular complexity index is 602. The molecule has 0 spiro atoms. The second kappa shape index (κ2) is 10.8.